The van der Waals surface area contributed by atoms with Crippen LogP contribution < -0.4 is 5.32 Å². The summed E-state index contributed by atoms with van der Waals surface area (Å²) in [6.45, 7) is 6.10. The number of hydrogen-bond donors (Lipinski definition) is 1. The highest BCUT2D eigenvalue weighted by Gasteiger charge is 2.32. The van der Waals surface area contributed by atoms with Gasteiger partial charge >= 0.3 is 0 Å². The van der Waals surface area contributed by atoms with Gasteiger partial charge in [-0.25, -0.2) is 0 Å². The van der Waals surface area contributed by atoms with Crippen molar-refractivity contribution in [3.63, 3.8) is 0 Å². The second-order valence-electron chi connectivity index (χ2n) is 6.38. The van der Waals surface area contributed by atoms with Gasteiger partial charge < -0.3 is 10.2 Å². The average Bonchev–Trinajstić information content (AvgIpc) is 3.03. The molecule has 0 aromatic heterocycles. The Morgan fingerprint density at radius 3 is 2.35 bits per heavy atom. The first kappa shape index (κ1) is 13.4. The minimum absolute atomic E-state index is 0.811. The zero-order chi connectivity index (χ0) is 12.1. The lowest BCUT2D eigenvalue weighted by Gasteiger charge is -2.20. The number of hydrogen-bond acceptors (Lipinski definition) is 2. The number of nitrogens with one attached hydrogen (secondary N) is 1. The molecule has 0 aromatic rings. The summed E-state index contributed by atoms with van der Waals surface area (Å²) < 4.78 is 0. The second kappa shape index (κ2) is 6.75. The molecule has 2 fully saturated rings. The van der Waals surface area contributed by atoms with Crippen molar-refractivity contribution < 1.29 is 0 Å². The number of likely N-dealkylation sites (N-methyl/N-ethyl adjacent to an activating group) is 1. The SMILES string of the molecule is CC1CC1CN(C)CCNC1CCCCCC1. The van der Waals surface area contributed by atoms with Crippen LogP contribution in [-0.4, -0.2) is 37.6 Å². The summed E-state index contributed by atoms with van der Waals surface area (Å²) in [6.07, 6.45) is 10.1. The molecule has 0 bridgehead atoms. The molecule has 17 heavy (non-hydrogen) atoms. The van der Waals surface area contributed by atoms with Gasteiger partial charge in [0.1, 0.15) is 0 Å². The molecule has 2 atom stereocenters. The van der Waals surface area contributed by atoms with Gasteiger partial charge in [0.25, 0.3) is 0 Å². The van der Waals surface area contributed by atoms with Crippen LogP contribution in [0.25, 0.3) is 0 Å². The molecule has 2 aliphatic rings. The van der Waals surface area contributed by atoms with E-state index in [-0.39, 0.29) is 0 Å². The molecule has 2 aliphatic carbocycles. The zero-order valence-corrected chi connectivity index (χ0v) is 11.8. The van der Waals surface area contributed by atoms with Gasteiger partial charge in [-0.1, -0.05) is 32.6 Å². The van der Waals surface area contributed by atoms with Gasteiger partial charge in [0.15, 0.2) is 0 Å². The van der Waals surface area contributed by atoms with Gasteiger partial charge in [0, 0.05) is 25.7 Å². The number of nitrogens with zero attached hydrogens (tertiary/aromatic N) is 1. The minimum Gasteiger partial charge on any atom is -0.313 e. The summed E-state index contributed by atoms with van der Waals surface area (Å²) in [5.41, 5.74) is 0. The Bertz CT molecular complexity index is 209. The summed E-state index contributed by atoms with van der Waals surface area (Å²) >= 11 is 0. The molecule has 0 radical (unpaired) electrons. The van der Waals surface area contributed by atoms with E-state index in [0.29, 0.717) is 0 Å². The molecule has 2 heteroatoms. The van der Waals surface area contributed by atoms with Crippen LogP contribution in [0.1, 0.15) is 51.9 Å². The standard InChI is InChI=1S/C15H30N2/c1-13-11-14(13)12-17(2)10-9-16-15-7-5-3-4-6-8-15/h13-16H,3-12H2,1-2H3. The van der Waals surface area contributed by atoms with E-state index in [1.165, 1.54) is 64.6 Å². The Kier molecular flexibility index (Phi) is 5.30. The normalized spacial score (nSPS) is 30.5. The predicted molar refractivity (Wildman–Crippen MR) is 74.3 cm³/mol. The van der Waals surface area contributed by atoms with E-state index >= 15 is 0 Å². The Hall–Kier alpha value is -0.0800. The topological polar surface area (TPSA) is 15.3 Å². The predicted octanol–water partition coefficient (Wildman–Crippen LogP) is 2.89. The zero-order valence-electron chi connectivity index (χ0n) is 11.8. The lowest BCUT2D eigenvalue weighted by molar-refractivity contribution is 0.303. The van der Waals surface area contributed by atoms with Gasteiger partial charge in [-0.3, -0.25) is 0 Å². The van der Waals surface area contributed by atoms with E-state index in [2.05, 4.69) is 24.2 Å². The maximum Gasteiger partial charge on any atom is 0.0104 e. The third-order valence-electron chi connectivity index (χ3n) is 4.60. The molecule has 0 saturated heterocycles. The maximum atomic E-state index is 3.76. The molecule has 0 heterocycles. The molecular weight excluding hydrogens is 208 g/mol. The Morgan fingerprint density at radius 2 is 1.76 bits per heavy atom. The molecule has 2 saturated carbocycles. The first-order valence-electron chi connectivity index (χ1n) is 7.67. The lowest BCUT2D eigenvalue weighted by Crippen LogP contribution is -2.36. The van der Waals surface area contributed by atoms with Gasteiger partial charge in [-0.15, -0.1) is 0 Å². The van der Waals surface area contributed by atoms with Crippen LogP contribution >= 0.6 is 0 Å². The Labute approximate surface area is 107 Å². The van der Waals surface area contributed by atoms with E-state index < -0.39 is 0 Å². The highest BCUT2D eigenvalue weighted by Crippen LogP contribution is 2.37. The highest BCUT2D eigenvalue weighted by atomic mass is 15.1. The molecule has 2 unspecified atom stereocenters. The van der Waals surface area contributed by atoms with Crippen molar-refractivity contribution in [1.82, 2.24) is 10.2 Å². The van der Waals surface area contributed by atoms with Gasteiger partial charge in [-0.05, 0) is 38.1 Å². The quantitative estimate of drug-likeness (QED) is 0.716. The van der Waals surface area contributed by atoms with Crippen molar-refractivity contribution in [2.45, 2.75) is 57.9 Å². The fourth-order valence-corrected chi connectivity index (χ4v) is 3.09. The van der Waals surface area contributed by atoms with Crippen LogP contribution in [-0.2, 0) is 0 Å². The minimum atomic E-state index is 0.811. The van der Waals surface area contributed by atoms with Crippen LogP contribution in [0.3, 0.4) is 0 Å². The fraction of sp³-hybridized carbons (Fsp3) is 1.00. The van der Waals surface area contributed by atoms with Crippen molar-refractivity contribution in [2.75, 3.05) is 26.7 Å². The molecule has 0 aliphatic heterocycles. The van der Waals surface area contributed by atoms with E-state index in [4.69, 9.17) is 0 Å². The van der Waals surface area contributed by atoms with Gasteiger partial charge in [0.05, 0.1) is 0 Å². The molecular formula is C15H30N2. The molecule has 100 valence electrons. The third kappa shape index (κ3) is 4.97. The highest BCUT2D eigenvalue weighted by molar-refractivity contribution is 4.84. The van der Waals surface area contributed by atoms with E-state index in [9.17, 15) is 0 Å². The van der Waals surface area contributed by atoms with Crippen molar-refractivity contribution in [3.05, 3.63) is 0 Å². The smallest absolute Gasteiger partial charge is 0.0104 e. The maximum absolute atomic E-state index is 3.76. The van der Waals surface area contributed by atoms with Crippen LogP contribution in [0.15, 0.2) is 0 Å². The van der Waals surface area contributed by atoms with Crippen molar-refractivity contribution >= 4 is 0 Å². The molecule has 0 aromatic carbocycles. The van der Waals surface area contributed by atoms with Crippen molar-refractivity contribution in [2.24, 2.45) is 11.8 Å². The van der Waals surface area contributed by atoms with Crippen LogP contribution in [0.4, 0.5) is 0 Å². The van der Waals surface area contributed by atoms with Gasteiger partial charge in [-0.2, -0.15) is 0 Å². The van der Waals surface area contributed by atoms with Crippen molar-refractivity contribution in [1.29, 1.82) is 0 Å². The van der Waals surface area contributed by atoms with Crippen LogP contribution in [0.5, 0.6) is 0 Å². The summed E-state index contributed by atoms with van der Waals surface area (Å²) in [7, 11) is 2.28. The summed E-state index contributed by atoms with van der Waals surface area (Å²) in [5.74, 6) is 1.99. The van der Waals surface area contributed by atoms with Crippen LogP contribution in [0.2, 0.25) is 0 Å². The van der Waals surface area contributed by atoms with Crippen molar-refractivity contribution in [3.8, 4) is 0 Å². The molecule has 2 rings (SSSR count). The molecule has 0 amide bonds. The monoisotopic (exact) mass is 238 g/mol. The Morgan fingerprint density at radius 1 is 1.12 bits per heavy atom. The molecule has 1 N–H and O–H groups in total. The first-order valence-corrected chi connectivity index (χ1v) is 7.67. The second-order valence-corrected chi connectivity index (χ2v) is 6.38. The summed E-state index contributed by atoms with van der Waals surface area (Å²) in [4.78, 5) is 2.51. The van der Waals surface area contributed by atoms with E-state index in [1.807, 2.05) is 0 Å². The lowest BCUT2D eigenvalue weighted by atomic mass is 10.1. The summed E-state index contributed by atoms with van der Waals surface area (Å²) in [5, 5.41) is 3.76. The van der Waals surface area contributed by atoms with Crippen LogP contribution in [0, 0.1) is 11.8 Å². The Balaban J connectivity index is 1.52. The largest absolute Gasteiger partial charge is 0.313 e. The average molecular weight is 238 g/mol. The van der Waals surface area contributed by atoms with E-state index in [1.54, 1.807) is 0 Å². The summed E-state index contributed by atoms with van der Waals surface area (Å²) in [6, 6.07) is 0.811. The number of rotatable bonds is 6. The molecule has 2 nitrogen and oxygen atoms in total. The molecule has 0 spiro atoms. The third-order valence-corrected chi connectivity index (χ3v) is 4.60. The fourth-order valence-electron chi connectivity index (χ4n) is 3.09. The van der Waals surface area contributed by atoms with Gasteiger partial charge in [0.2, 0.25) is 0 Å². The van der Waals surface area contributed by atoms with E-state index in [0.717, 1.165) is 17.9 Å². The first-order chi connectivity index (χ1) is 8.25.